The van der Waals surface area contributed by atoms with E-state index in [1.54, 1.807) is 45.2 Å². The summed E-state index contributed by atoms with van der Waals surface area (Å²) in [6.07, 6.45) is 0. The number of hydrogen-bond acceptors (Lipinski definition) is 5. The van der Waals surface area contributed by atoms with Crippen LogP contribution in [0.15, 0.2) is 60.0 Å². The van der Waals surface area contributed by atoms with Gasteiger partial charge in [-0.3, -0.25) is 10.2 Å². The van der Waals surface area contributed by atoms with Crippen LogP contribution in [0.25, 0.3) is 11.1 Å². The van der Waals surface area contributed by atoms with Crippen molar-refractivity contribution in [3.8, 4) is 22.6 Å². The highest BCUT2D eigenvalue weighted by molar-refractivity contribution is 7.12. The Morgan fingerprint density at radius 2 is 1.76 bits per heavy atom. The number of nitrogen functional groups attached to an aromatic ring is 1. The standard InChI is InChI=1S/C22H23N3O3S/c1-22(2,28-18-9-7-17(27-3)8-10-18)21(26)25-16-6-4-5-14(11-16)15-12-19(20(23)24)29-13-15/h4-13H,1-3H3,(H3,23,24)(H,25,26). The minimum Gasteiger partial charge on any atom is -0.497 e. The fourth-order valence-electron chi connectivity index (χ4n) is 2.67. The number of nitrogens with one attached hydrogen (secondary N) is 2. The molecule has 1 aromatic heterocycles. The number of hydrogen-bond donors (Lipinski definition) is 3. The van der Waals surface area contributed by atoms with E-state index in [4.69, 9.17) is 20.6 Å². The van der Waals surface area contributed by atoms with Crippen molar-refractivity contribution in [3.63, 3.8) is 0 Å². The van der Waals surface area contributed by atoms with Crippen LogP contribution in [0, 0.1) is 5.41 Å². The molecule has 0 saturated carbocycles. The third kappa shape index (κ3) is 4.94. The molecule has 0 unspecified atom stereocenters. The lowest BCUT2D eigenvalue weighted by atomic mass is 10.1. The first-order valence-corrected chi connectivity index (χ1v) is 9.84. The number of anilines is 1. The zero-order valence-corrected chi connectivity index (χ0v) is 17.3. The van der Waals surface area contributed by atoms with Crippen LogP contribution in [0.1, 0.15) is 18.7 Å². The Morgan fingerprint density at radius 1 is 1.07 bits per heavy atom. The molecule has 0 radical (unpaired) electrons. The molecule has 0 aliphatic heterocycles. The van der Waals surface area contributed by atoms with Gasteiger partial charge >= 0.3 is 0 Å². The zero-order valence-electron chi connectivity index (χ0n) is 16.5. The number of methoxy groups -OCH3 is 1. The van der Waals surface area contributed by atoms with Gasteiger partial charge in [0.05, 0.1) is 12.0 Å². The second kappa shape index (κ2) is 8.36. The Bertz CT molecular complexity index is 1030. The molecule has 150 valence electrons. The molecule has 29 heavy (non-hydrogen) atoms. The van der Waals surface area contributed by atoms with Crippen molar-refractivity contribution >= 4 is 28.8 Å². The number of carbonyl (C=O) groups excluding carboxylic acids is 1. The van der Waals surface area contributed by atoms with Crippen LogP contribution >= 0.6 is 11.3 Å². The molecule has 3 rings (SSSR count). The molecule has 0 bridgehead atoms. The average molecular weight is 410 g/mol. The Morgan fingerprint density at radius 3 is 2.38 bits per heavy atom. The van der Waals surface area contributed by atoms with Gasteiger partial charge in [-0.05, 0) is 72.8 Å². The van der Waals surface area contributed by atoms with Crippen LogP contribution in [0.3, 0.4) is 0 Å². The third-order valence-corrected chi connectivity index (χ3v) is 5.26. The number of amides is 1. The van der Waals surface area contributed by atoms with Crippen LogP contribution in [0.5, 0.6) is 11.5 Å². The highest BCUT2D eigenvalue weighted by atomic mass is 32.1. The molecule has 4 N–H and O–H groups in total. The molecular formula is C22H23N3O3S. The van der Waals surface area contributed by atoms with E-state index in [0.717, 1.165) is 16.9 Å². The van der Waals surface area contributed by atoms with Crippen molar-refractivity contribution in [1.82, 2.24) is 0 Å². The minimum atomic E-state index is -1.07. The summed E-state index contributed by atoms with van der Waals surface area (Å²) >= 11 is 1.41. The summed E-state index contributed by atoms with van der Waals surface area (Å²) in [5.74, 6) is 1.08. The molecule has 0 aliphatic rings. The molecule has 6 nitrogen and oxygen atoms in total. The maximum absolute atomic E-state index is 12.8. The number of carbonyl (C=O) groups is 1. The molecule has 0 saturated heterocycles. The number of ether oxygens (including phenoxy) is 2. The smallest absolute Gasteiger partial charge is 0.267 e. The summed E-state index contributed by atoms with van der Waals surface area (Å²) < 4.78 is 11.0. The largest absolute Gasteiger partial charge is 0.497 e. The van der Waals surface area contributed by atoms with E-state index < -0.39 is 5.60 Å². The predicted octanol–water partition coefficient (Wildman–Crippen LogP) is 4.50. The zero-order chi connectivity index (χ0) is 21.0. The Hall–Kier alpha value is -3.32. The monoisotopic (exact) mass is 409 g/mol. The van der Waals surface area contributed by atoms with Crippen molar-refractivity contribution in [1.29, 1.82) is 5.41 Å². The summed E-state index contributed by atoms with van der Waals surface area (Å²) in [7, 11) is 1.60. The third-order valence-electron chi connectivity index (χ3n) is 4.30. The first-order chi connectivity index (χ1) is 13.8. The summed E-state index contributed by atoms with van der Waals surface area (Å²) in [5.41, 5.74) is 7.01. The molecule has 0 fully saturated rings. The minimum absolute atomic E-state index is 0.0446. The van der Waals surface area contributed by atoms with Crippen LogP contribution in [0.4, 0.5) is 5.69 Å². The van der Waals surface area contributed by atoms with E-state index in [9.17, 15) is 4.79 Å². The summed E-state index contributed by atoms with van der Waals surface area (Å²) in [6.45, 7) is 3.43. The molecule has 0 atom stereocenters. The lowest BCUT2D eigenvalue weighted by Crippen LogP contribution is -2.42. The fourth-order valence-corrected chi connectivity index (χ4v) is 3.45. The van der Waals surface area contributed by atoms with Gasteiger partial charge in [0.15, 0.2) is 5.60 Å². The summed E-state index contributed by atoms with van der Waals surface area (Å²) in [5, 5.41) is 12.4. The predicted molar refractivity (Wildman–Crippen MR) is 117 cm³/mol. The van der Waals surface area contributed by atoms with E-state index in [1.165, 1.54) is 11.3 Å². The van der Waals surface area contributed by atoms with Gasteiger partial charge in [-0.1, -0.05) is 12.1 Å². The van der Waals surface area contributed by atoms with Crippen molar-refractivity contribution in [3.05, 3.63) is 64.9 Å². The van der Waals surface area contributed by atoms with E-state index in [0.29, 0.717) is 16.3 Å². The molecule has 0 aliphatic carbocycles. The van der Waals surface area contributed by atoms with Crippen molar-refractivity contribution < 1.29 is 14.3 Å². The number of nitrogens with two attached hydrogens (primary N) is 1. The average Bonchev–Trinajstić information content (AvgIpc) is 3.19. The van der Waals surface area contributed by atoms with E-state index in [2.05, 4.69) is 5.32 Å². The summed E-state index contributed by atoms with van der Waals surface area (Å²) in [4.78, 5) is 13.5. The normalized spacial score (nSPS) is 11.0. The van der Waals surface area contributed by atoms with E-state index in [-0.39, 0.29) is 11.7 Å². The molecule has 1 heterocycles. The number of amidine groups is 1. The SMILES string of the molecule is COc1ccc(OC(C)(C)C(=O)Nc2cccc(-c3csc(C(=N)N)c3)c2)cc1. The van der Waals surface area contributed by atoms with Crippen LogP contribution in [0.2, 0.25) is 0 Å². The highest BCUT2D eigenvalue weighted by Crippen LogP contribution is 2.28. The van der Waals surface area contributed by atoms with Gasteiger partial charge in [-0.25, -0.2) is 0 Å². The number of rotatable bonds is 7. The van der Waals surface area contributed by atoms with E-state index >= 15 is 0 Å². The van der Waals surface area contributed by atoms with Crippen LogP contribution in [-0.2, 0) is 4.79 Å². The lowest BCUT2D eigenvalue weighted by Gasteiger charge is -2.25. The Kier molecular flexibility index (Phi) is 5.89. The Balaban J connectivity index is 1.72. The topological polar surface area (TPSA) is 97.4 Å². The van der Waals surface area contributed by atoms with Crippen molar-refractivity contribution in [2.24, 2.45) is 5.73 Å². The van der Waals surface area contributed by atoms with Gasteiger partial charge in [0.2, 0.25) is 0 Å². The Labute approximate surface area is 173 Å². The second-order valence-corrected chi connectivity index (χ2v) is 7.85. The van der Waals surface area contributed by atoms with Gasteiger partial charge < -0.3 is 20.5 Å². The van der Waals surface area contributed by atoms with Gasteiger partial charge in [0.25, 0.3) is 5.91 Å². The van der Waals surface area contributed by atoms with Gasteiger partial charge in [-0.2, -0.15) is 0 Å². The summed E-state index contributed by atoms with van der Waals surface area (Å²) in [6, 6.07) is 16.5. The fraction of sp³-hybridized carbons (Fsp3) is 0.182. The second-order valence-electron chi connectivity index (χ2n) is 6.94. The number of benzene rings is 2. The molecule has 3 aromatic rings. The maximum Gasteiger partial charge on any atom is 0.267 e. The molecule has 2 aromatic carbocycles. The van der Waals surface area contributed by atoms with Crippen molar-refractivity contribution in [2.75, 3.05) is 12.4 Å². The van der Waals surface area contributed by atoms with Crippen LogP contribution in [-0.4, -0.2) is 24.5 Å². The molecule has 1 amide bonds. The molecular weight excluding hydrogens is 386 g/mol. The quantitative estimate of drug-likeness (QED) is 0.395. The van der Waals surface area contributed by atoms with Gasteiger partial charge in [-0.15, -0.1) is 11.3 Å². The first-order valence-electron chi connectivity index (χ1n) is 8.96. The number of thiophene rings is 1. The van der Waals surface area contributed by atoms with Gasteiger partial charge in [0, 0.05) is 5.69 Å². The van der Waals surface area contributed by atoms with Crippen LogP contribution < -0.4 is 20.5 Å². The first kappa shape index (κ1) is 20.4. The lowest BCUT2D eigenvalue weighted by molar-refractivity contribution is -0.128. The maximum atomic E-state index is 12.8. The van der Waals surface area contributed by atoms with E-state index in [1.807, 2.05) is 35.7 Å². The molecule has 7 heteroatoms. The van der Waals surface area contributed by atoms with Crippen molar-refractivity contribution in [2.45, 2.75) is 19.4 Å². The van der Waals surface area contributed by atoms with Gasteiger partial charge in [0.1, 0.15) is 17.3 Å². The molecule has 0 spiro atoms. The highest BCUT2D eigenvalue weighted by Gasteiger charge is 2.30.